The summed E-state index contributed by atoms with van der Waals surface area (Å²) in [7, 11) is 1.50. The fraction of sp³-hybridized carbons (Fsp3) is 0.333. The van der Waals surface area contributed by atoms with E-state index in [0.29, 0.717) is 37.8 Å². The quantitative estimate of drug-likeness (QED) is 0.528. The number of hydrogen-bond donors (Lipinski definition) is 2. The minimum Gasteiger partial charge on any atom is -0.467 e. The summed E-state index contributed by atoms with van der Waals surface area (Å²) >= 11 is 0. The van der Waals surface area contributed by atoms with Crippen LogP contribution in [0.1, 0.15) is 31.2 Å². The molecule has 11 nitrogen and oxygen atoms in total. The Morgan fingerprint density at radius 2 is 1.57 bits per heavy atom. The van der Waals surface area contributed by atoms with Gasteiger partial charge in [-0.3, -0.25) is 4.90 Å². The van der Waals surface area contributed by atoms with Crippen LogP contribution in [0.4, 0.5) is 15.5 Å². The average molecular weight is 478 g/mol. The molecule has 3 amide bonds. The van der Waals surface area contributed by atoms with E-state index < -0.39 is 6.09 Å². The summed E-state index contributed by atoms with van der Waals surface area (Å²) in [6.07, 6.45) is 7.89. The lowest BCUT2D eigenvalue weighted by Gasteiger charge is -2.35. The molecule has 1 fully saturated rings. The molecule has 3 aromatic rings. The molecule has 182 valence electrons. The van der Waals surface area contributed by atoms with Gasteiger partial charge in [0.2, 0.25) is 5.95 Å². The zero-order valence-corrected chi connectivity index (χ0v) is 19.3. The average Bonchev–Trinajstić information content (AvgIpc) is 2.89. The zero-order valence-electron chi connectivity index (χ0n) is 19.3. The maximum Gasteiger partial charge on any atom is 0.404 e. The normalized spacial score (nSPS) is 17.3. The number of anilines is 1. The lowest BCUT2D eigenvalue weighted by Crippen LogP contribution is -2.49. The van der Waals surface area contributed by atoms with Gasteiger partial charge in [0.15, 0.2) is 0 Å². The van der Waals surface area contributed by atoms with E-state index in [1.54, 1.807) is 29.7 Å². The van der Waals surface area contributed by atoms with Crippen molar-refractivity contribution < 1.29 is 19.1 Å². The smallest absolute Gasteiger partial charge is 0.404 e. The number of benzene rings is 1. The third-order valence-electron chi connectivity index (χ3n) is 5.79. The Bertz CT molecular complexity index is 1120. The molecular weight excluding hydrogens is 450 g/mol. The molecule has 1 aromatic carbocycles. The number of aromatic nitrogens is 4. The van der Waals surface area contributed by atoms with E-state index in [2.05, 4.69) is 25.3 Å². The number of carbonyl (C=O) groups excluding carboxylic acids is 2. The van der Waals surface area contributed by atoms with Crippen LogP contribution in [-0.2, 0) is 11.3 Å². The highest BCUT2D eigenvalue weighted by atomic mass is 16.6. The van der Waals surface area contributed by atoms with Crippen LogP contribution in [0.5, 0.6) is 6.01 Å². The van der Waals surface area contributed by atoms with E-state index in [0.717, 1.165) is 11.1 Å². The van der Waals surface area contributed by atoms with Crippen molar-refractivity contribution in [2.24, 2.45) is 5.73 Å². The molecule has 0 bridgehead atoms. The first-order chi connectivity index (χ1) is 17.0. The first-order valence-electron chi connectivity index (χ1n) is 11.3. The largest absolute Gasteiger partial charge is 0.467 e. The standard InChI is InChI=1S/C24H27N7O4/c1-34-23-28-14-18(15-29-23)17-12-26-22(27-13-17)31(19-7-9-20(10-8-19)35-21(25)32)24(33)30-11-16-5-3-2-4-6-16/h2-6,12-15,19-20H,7-11H2,1H3,(H2,25,32)(H,30,33)/t19-,20-. The molecule has 3 N–H and O–H groups in total. The van der Waals surface area contributed by atoms with Crippen LogP contribution in [0.25, 0.3) is 11.1 Å². The molecule has 1 aliphatic carbocycles. The van der Waals surface area contributed by atoms with Crippen LogP contribution in [0, 0.1) is 0 Å². The minimum atomic E-state index is -0.785. The third-order valence-corrected chi connectivity index (χ3v) is 5.79. The summed E-state index contributed by atoms with van der Waals surface area (Å²) in [6, 6.07) is 9.46. The Kier molecular flexibility index (Phi) is 7.66. The number of hydrogen-bond acceptors (Lipinski definition) is 8. The lowest BCUT2D eigenvalue weighted by molar-refractivity contribution is 0.0786. The topological polar surface area (TPSA) is 145 Å². The molecule has 0 spiro atoms. The van der Waals surface area contributed by atoms with Crippen LogP contribution in [0.3, 0.4) is 0 Å². The highest BCUT2D eigenvalue weighted by Gasteiger charge is 2.32. The maximum atomic E-state index is 13.3. The summed E-state index contributed by atoms with van der Waals surface area (Å²) in [6.45, 7) is 0.373. The zero-order chi connectivity index (χ0) is 24.6. The second-order valence-electron chi connectivity index (χ2n) is 8.11. The van der Waals surface area contributed by atoms with Crippen molar-refractivity contribution in [3.63, 3.8) is 0 Å². The van der Waals surface area contributed by atoms with Gasteiger partial charge in [-0.25, -0.2) is 29.5 Å². The first-order valence-corrected chi connectivity index (χ1v) is 11.3. The number of ether oxygens (including phenoxy) is 2. The number of rotatable bonds is 7. The molecule has 1 saturated carbocycles. The highest BCUT2D eigenvalue weighted by molar-refractivity contribution is 5.90. The van der Waals surface area contributed by atoms with Crippen molar-refractivity contribution in [3.05, 3.63) is 60.7 Å². The van der Waals surface area contributed by atoms with Gasteiger partial charge in [-0.2, -0.15) is 0 Å². The van der Waals surface area contributed by atoms with E-state index in [1.807, 2.05) is 30.3 Å². The summed E-state index contributed by atoms with van der Waals surface area (Å²) in [4.78, 5) is 43.2. The van der Waals surface area contributed by atoms with Gasteiger partial charge in [-0.05, 0) is 31.2 Å². The van der Waals surface area contributed by atoms with Gasteiger partial charge < -0.3 is 20.5 Å². The van der Waals surface area contributed by atoms with Crippen molar-refractivity contribution in [1.82, 2.24) is 25.3 Å². The first kappa shape index (κ1) is 23.9. The number of carbonyl (C=O) groups is 2. The van der Waals surface area contributed by atoms with Gasteiger partial charge in [0, 0.05) is 48.5 Å². The fourth-order valence-electron chi connectivity index (χ4n) is 4.03. The Morgan fingerprint density at radius 3 is 2.14 bits per heavy atom. The molecular formula is C24H27N7O4. The van der Waals surface area contributed by atoms with Crippen LogP contribution in [0.2, 0.25) is 0 Å². The molecule has 35 heavy (non-hydrogen) atoms. The van der Waals surface area contributed by atoms with Gasteiger partial charge in [0.25, 0.3) is 0 Å². The van der Waals surface area contributed by atoms with E-state index in [4.69, 9.17) is 15.2 Å². The second-order valence-corrected chi connectivity index (χ2v) is 8.11. The van der Waals surface area contributed by atoms with Crippen molar-refractivity contribution in [2.75, 3.05) is 12.0 Å². The molecule has 1 aliphatic rings. The molecule has 2 heterocycles. The Morgan fingerprint density at radius 1 is 0.971 bits per heavy atom. The number of amides is 3. The number of nitrogens with two attached hydrogens (primary N) is 1. The predicted octanol–water partition coefficient (Wildman–Crippen LogP) is 3.06. The van der Waals surface area contributed by atoms with Crippen molar-refractivity contribution in [2.45, 2.75) is 44.4 Å². The number of nitrogens with one attached hydrogen (secondary N) is 1. The van der Waals surface area contributed by atoms with Crippen LogP contribution < -0.4 is 20.7 Å². The summed E-state index contributed by atoms with van der Waals surface area (Å²) in [5.74, 6) is 0.285. The Hall–Kier alpha value is -4.28. The third kappa shape index (κ3) is 6.19. The van der Waals surface area contributed by atoms with Crippen molar-refractivity contribution in [1.29, 1.82) is 0 Å². The van der Waals surface area contributed by atoms with Crippen LogP contribution in [0.15, 0.2) is 55.1 Å². The highest BCUT2D eigenvalue weighted by Crippen LogP contribution is 2.28. The molecule has 0 aliphatic heterocycles. The fourth-order valence-corrected chi connectivity index (χ4v) is 4.03. The molecule has 4 rings (SSSR count). The summed E-state index contributed by atoms with van der Waals surface area (Å²) in [5, 5.41) is 2.96. The number of nitrogens with zero attached hydrogens (tertiary/aromatic N) is 5. The molecule has 11 heteroatoms. The summed E-state index contributed by atoms with van der Waals surface area (Å²) < 4.78 is 10.1. The Balaban J connectivity index is 1.52. The molecule has 0 radical (unpaired) electrons. The lowest BCUT2D eigenvalue weighted by atomic mass is 9.92. The number of urea groups is 1. The van der Waals surface area contributed by atoms with Crippen LogP contribution >= 0.6 is 0 Å². The molecule has 0 atom stereocenters. The monoisotopic (exact) mass is 477 g/mol. The van der Waals surface area contributed by atoms with Crippen molar-refractivity contribution >= 4 is 18.1 Å². The SMILES string of the molecule is COc1ncc(-c2cnc(N(C(=O)NCc3ccccc3)[C@H]3CC[C@H](OC(N)=O)CC3)nc2)cn1. The van der Waals surface area contributed by atoms with E-state index in [-0.39, 0.29) is 30.1 Å². The summed E-state index contributed by atoms with van der Waals surface area (Å²) in [5.41, 5.74) is 7.57. The molecule has 2 aromatic heterocycles. The van der Waals surface area contributed by atoms with Crippen molar-refractivity contribution in [3.8, 4) is 17.1 Å². The second kappa shape index (κ2) is 11.2. The Labute approximate surface area is 202 Å². The minimum absolute atomic E-state index is 0.159. The van der Waals surface area contributed by atoms with Gasteiger partial charge in [-0.15, -0.1) is 0 Å². The van der Waals surface area contributed by atoms with E-state index in [9.17, 15) is 9.59 Å². The molecule has 0 saturated heterocycles. The maximum absolute atomic E-state index is 13.3. The van der Waals surface area contributed by atoms with Gasteiger partial charge in [0.05, 0.1) is 7.11 Å². The van der Waals surface area contributed by atoms with Gasteiger partial charge in [-0.1, -0.05) is 30.3 Å². The molecule has 0 unspecified atom stereocenters. The number of primary amides is 1. The van der Waals surface area contributed by atoms with E-state index in [1.165, 1.54) is 7.11 Å². The number of methoxy groups -OCH3 is 1. The van der Waals surface area contributed by atoms with E-state index >= 15 is 0 Å². The van der Waals surface area contributed by atoms with Gasteiger partial charge >= 0.3 is 18.1 Å². The van der Waals surface area contributed by atoms with Crippen LogP contribution in [-0.4, -0.2) is 51.3 Å². The van der Waals surface area contributed by atoms with Gasteiger partial charge in [0.1, 0.15) is 6.10 Å². The predicted molar refractivity (Wildman–Crippen MR) is 127 cm³/mol.